The highest BCUT2D eigenvalue weighted by atomic mass is 16.5. The number of nitrogens with one attached hydrogen (secondary N) is 2. The molecule has 1 aliphatic carbocycles. The molecule has 2 aromatic carbocycles. The Morgan fingerprint density at radius 2 is 1.50 bits per heavy atom. The summed E-state index contributed by atoms with van der Waals surface area (Å²) in [5, 5.41) is 5.20. The van der Waals surface area contributed by atoms with Crippen LogP contribution in [0, 0.1) is 0 Å². The number of hydrogen-bond donors (Lipinski definition) is 2. The van der Waals surface area contributed by atoms with Gasteiger partial charge in [0, 0.05) is 11.7 Å². The number of benzene rings is 2. The summed E-state index contributed by atoms with van der Waals surface area (Å²) in [5.74, 6) is 0.158. The summed E-state index contributed by atoms with van der Waals surface area (Å²) in [4.78, 5) is 23.3. The third-order valence-corrected chi connectivity index (χ3v) is 3.21. The minimum atomic E-state index is -0.649. The predicted octanol–water partition coefficient (Wildman–Crippen LogP) is 2.70. The van der Waals surface area contributed by atoms with Gasteiger partial charge >= 0.3 is 11.8 Å². The molecule has 0 radical (unpaired) electrons. The van der Waals surface area contributed by atoms with Gasteiger partial charge in [0.05, 0.1) is 0 Å². The van der Waals surface area contributed by atoms with Gasteiger partial charge in [-0.3, -0.25) is 9.59 Å². The first-order valence-electron chi connectivity index (χ1n) is 7.15. The standard InChI is InChI=1S/C17H16N2O3/c20-16(18-12-6-7-12)17(21)19-13-8-10-15(11-9-13)22-14-4-2-1-3-5-14/h1-5,8-12H,6-7H2,(H,18,20)(H,19,21). The van der Waals surface area contributed by atoms with Crippen LogP contribution in [0.1, 0.15) is 12.8 Å². The Morgan fingerprint density at radius 3 is 2.14 bits per heavy atom. The topological polar surface area (TPSA) is 67.4 Å². The highest BCUT2D eigenvalue weighted by Gasteiger charge is 2.26. The van der Waals surface area contributed by atoms with Crippen molar-refractivity contribution in [2.75, 3.05) is 5.32 Å². The molecule has 0 aliphatic heterocycles. The van der Waals surface area contributed by atoms with E-state index in [4.69, 9.17) is 4.74 Å². The van der Waals surface area contributed by atoms with Crippen molar-refractivity contribution in [3.63, 3.8) is 0 Å². The van der Waals surface area contributed by atoms with Gasteiger partial charge in [0.15, 0.2) is 0 Å². The Bertz CT molecular complexity index is 664. The molecule has 1 aliphatic rings. The zero-order chi connectivity index (χ0) is 15.4. The van der Waals surface area contributed by atoms with Gasteiger partial charge < -0.3 is 15.4 Å². The Hall–Kier alpha value is -2.82. The number of rotatable bonds is 4. The van der Waals surface area contributed by atoms with Crippen LogP contribution in [0.3, 0.4) is 0 Å². The third kappa shape index (κ3) is 3.85. The molecule has 2 N–H and O–H groups in total. The maximum Gasteiger partial charge on any atom is 0.313 e. The number of hydrogen-bond acceptors (Lipinski definition) is 3. The molecule has 0 aromatic heterocycles. The number of anilines is 1. The minimum absolute atomic E-state index is 0.167. The van der Waals surface area contributed by atoms with Crippen molar-refractivity contribution < 1.29 is 14.3 Å². The van der Waals surface area contributed by atoms with Crippen LogP contribution in [-0.4, -0.2) is 17.9 Å². The predicted molar refractivity (Wildman–Crippen MR) is 82.8 cm³/mol. The molecule has 5 heteroatoms. The minimum Gasteiger partial charge on any atom is -0.457 e. The summed E-state index contributed by atoms with van der Waals surface area (Å²) in [6.45, 7) is 0. The van der Waals surface area contributed by atoms with Gasteiger partial charge in [-0.15, -0.1) is 0 Å². The summed E-state index contributed by atoms with van der Waals surface area (Å²) in [6, 6.07) is 16.4. The van der Waals surface area contributed by atoms with Crippen molar-refractivity contribution >= 4 is 17.5 Å². The van der Waals surface area contributed by atoms with Crippen molar-refractivity contribution in [1.82, 2.24) is 5.32 Å². The normalized spacial score (nSPS) is 13.3. The van der Waals surface area contributed by atoms with Crippen LogP contribution in [0.15, 0.2) is 54.6 Å². The van der Waals surface area contributed by atoms with Crippen LogP contribution in [-0.2, 0) is 9.59 Å². The van der Waals surface area contributed by atoms with Gasteiger partial charge in [-0.05, 0) is 49.2 Å². The summed E-state index contributed by atoms with van der Waals surface area (Å²) < 4.78 is 5.65. The number of amides is 2. The van der Waals surface area contributed by atoms with Crippen molar-refractivity contribution in [2.45, 2.75) is 18.9 Å². The summed E-state index contributed by atoms with van der Waals surface area (Å²) in [5.41, 5.74) is 0.552. The molecular weight excluding hydrogens is 280 g/mol. The molecule has 112 valence electrons. The second-order valence-corrected chi connectivity index (χ2v) is 5.14. The van der Waals surface area contributed by atoms with E-state index >= 15 is 0 Å². The molecule has 2 aromatic rings. The highest BCUT2D eigenvalue weighted by Crippen LogP contribution is 2.22. The second-order valence-electron chi connectivity index (χ2n) is 5.14. The number of carbonyl (C=O) groups excluding carboxylic acids is 2. The summed E-state index contributed by atoms with van der Waals surface area (Å²) in [7, 11) is 0. The number of ether oxygens (including phenoxy) is 1. The van der Waals surface area contributed by atoms with Gasteiger partial charge in [-0.1, -0.05) is 18.2 Å². The molecule has 1 fully saturated rings. The molecule has 22 heavy (non-hydrogen) atoms. The van der Waals surface area contributed by atoms with E-state index in [-0.39, 0.29) is 6.04 Å². The fraction of sp³-hybridized carbons (Fsp3) is 0.176. The van der Waals surface area contributed by atoms with Gasteiger partial charge in [0.25, 0.3) is 0 Å². The van der Waals surface area contributed by atoms with E-state index in [0.717, 1.165) is 18.6 Å². The maximum absolute atomic E-state index is 11.7. The van der Waals surface area contributed by atoms with Crippen LogP contribution < -0.4 is 15.4 Å². The number of para-hydroxylation sites is 1. The fourth-order valence-electron chi connectivity index (χ4n) is 1.90. The first-order valence-corrected chi connectivity index (χ1v) is 7.15. The van der Waals surface area contributed by atoms with Gasteiger partial charge in [-0.25, -0.2) is 0 Å². The van der Waals surface area contributed by atoms with Crippen LogP contribution in [0.2, 0.25) is 0 Å². The third-order valence-electron chi connectivity index (χ3n) is 3.21. The lowest BCUT2D eigenvalue weighted by atomic mass is 10.3. The molecule has 0 saturated heterocycles. The average molecular weight is 296 g/mol. The highest BCUT2D eigenvalue weighted by molar-refractivity contribution is 6.39. The SMILES string of the molecule is O=C(Nc1ccc(Oc2ccccc2)cc1)C(=O)NC1CC1. The Labute approximate surface area is 128 Å². The molecule has 1 saturated carbocycles. The largest absolute Gasteiger partial charge is 0.457 e. The van der Waals surface area contributed by atoms with Crippen LogP contribution >= 0.6 is 0 Å². The van der Waals surface area contributed by atoms with Gasteiger partial charge in [0.2, 0.25) is 0 Å². The molecular formula is C17H16N2O3. The smallest absolute Gasteiger partial charge is 0.313 e. The fourth-order valence-corrected chi connectivity index (χ4v) is 1.90. The Morgan fingerprint density at radius 1 is 0.864 bits per heavy atom. The first kappa shape index (κ1) is 14.1. The number of carbonyl (C=O) groups is 2. The Kier molecular flexibility index (Phi) is 4.05. The lowest BCUT2D eigenvalue weighted by Crippen LogP contribution is -2.36. The monoisotopic (exact) mass is 296 g/mol. The molecule has 0 spiro atoms. The van der Waals surface area contributed by atoms with E-state index in [1.165, 1.54) is 0 Å². The molecule has 0 unspecified atom stereocenters. The van der Waals surface area contributed by atoms with Crippen LogP contribution in [0.4, 0.5) is 5.69 Å². The molecule has 3 rings (SSSR count). The van der Waals surface area contributed by atoms with Gasteiger partial charge in [-0.2, -0.15) is 0 Å². The van der Waals surface area contributed by atoms with Crippen molar-refractivity contribution in [3.8, 4) is 11.5 Å². The van der Waals surface area contributed by atoms with E-state index in [1.807, 2.05) is 30.3 Å². The van der Waals surface area contributed by atoms with E-state index in [0.29, 0.717) is 11.4 Å². The molecule has 5 nitrogen and oxygen atoms in total. The van der Waals surface area contributed by atoms with Gasteiger partial charge in [0.1, 0.15) is 11.5 Å². The van der Waals surface area contributed by atoms with E-state index in [2.05, 4.69) is 10.6 Å². The van der Waals surface area contributed by atoms with Crippen molar-refractivity contribution in [2.24, 2.45) is 0 Å². The van der Waals surface area contributed by atoms with Crippen LogP contribution in [0.25, 0.3) is 0 Å². The van der Waals surface area contributed by atoms with E-state index in [9.17, 15) is 9.59 Å². The zero-order valence-corrected chi connectivity index (χ0v) is 11.9. The molecule has 0 heterocycles. The van der Waals surface area contributed by atoms with E-state index < -0.39 is 11.8 Å². The second kappa shape index (κ2) is 6.30. The maximum atomic E-state index is 11.7. The Balaban J connectivity index is 1.56. The molecule has 2 amide bonds. The van der Waals surface area contributed by atoms with E-state index in [1.54, 1.807) is 24.3 Å². The summed E-state index contributed by atoms with van der Waals surface area (Å²) in [6.07, 6.45) is 1.90. The zero-order valence-electron chi connectivity index (χ0n) is 11.9. The first-order chi connectivity index (χ1) is 10.7. The van der Waals surface area contributed by atoms with Crippen molar-refractivity contribution in [3.05, 3.63) is 54.6 Å². The van der Waals surface area contributed by atoms with Crippen molar-refractivity contribution in [1.29, 1.82) is 0 Å². The summed E-state index contributed by atoms with van der Waals surface area (Å²) >= 11 is 0. The van der Waals surface area contributed by atoms with Crippen LogP contribution in [0.5, 0.6) is 11.5 Å². The lowest BCUT2D eigenvalue weighted by Gasteiger charge is -2.08. The average Bonchev–Trinajstić information content (AvgIpc) is 3.34. The molecule has 0 bridgehead atoms. The molecule has 0 atom stereocenters. The lowest BCUT2D eigenvalue weighted by molar-refractivity contribution is -0.136. The quantitative estimate of drug-likeness (QED) is 0.852.